The van der Waals surface area contributed by atoms with E-state index in [2.05, 4.69) is 19.2 Å². The van der Waals surface area contributed by atoms with E-state index in [9.17, 15) is 5.11 Å². The summed E-state index contributed by atoms with van der Waals surface area (Å²) in [7, 11) is 0. The molecule has 1 rings (SSSR count). The van der Waals surface area contributed by atoms with Crippen molar-refractivity contribution in [3.05, 3.63) is 0 Å². The summed E-state index contributed by atoms with van der Waals surface area (Å²) < 4.78 is 5.86. The van der Waals surface area contributed by atoms with Crippen molar-refractivity contribution in [1.29, 1.82) is 0 Å². The van der Waals surface area contributed by atoms with Crippen LogP contribution < -0.4 is 5.32 Å². The average Bonchev–Trinajstić information content (AvgIpc) is 2.42. The Bertz CT molecular complexity index is 211. The van der Waals surface area contributed by atoms with Gasteiger partial charge in [0.25, 0.3) is 0 Å². The predicted octanol–water partition coefficient (Wildman–Crippen LogP) is 3.11. The molecule has 0 aromatic rings. The lowest BCUT2D eigenvalue weighted by Crippen LogP contribution is -2.34. The first-order valence-electron chi connectivity index (χ1n) is 8.24. The molecule has 0 aromatic carbocycles. The minimum Gasteiger partial charge on any atom is -0.389 e. The SMILES string of the molecule is CCCCCCNC[C@@H](O)CO[C@@H]1CCCC[C@@H]1C. The second-order valence-corrected chi connectivity index (χ2v) is 6.05. The molecule has 3 atom stereocenters. The second-order valence-electron chi connectivity index (χ2n) is 6.05. The third kappa shape index (κ3) is 7.91. The third-order valence-electron chi connectivity index (χ3n) is 4.12. The highest BCUT2D eigenvalue weighted by molar-refractivity contribution is 4.73. The highest BCUT2D eigenvalue weighted by Crippen LogP contribution is 2.26. The lowest BCUT2D eigenvalue weighted by Gasteiger charge is -2.29. The predicted molar refractivity (Wildman–Crippen MR) is 80.4 cm³/mol. The van der Waals surface area contributed by atoms with Gasteiger partial charge in [0.2, 0.25) is 0 Å². The van der Waals surface area contributed by atoms with E-state index in [1.165, 1.54) is 51.4 Å². The Morgan fingerprint density at radius 3 is 2.74 bits per heavy atom. The van der Waals surface area contributed by atoms with E-state index in [1.807, 2.05) is 0 Å². The maximum atomic E-state index is 9.88. The molecular formula is C16H33NO2. The Kier molecular flexibility index (Phi) is 9.48. The van der Waals surface area contributed by atoms with E-state index in [0.29, 0.717) is 25.2 Å². The van der Waals surface area contributed by atoms with Gasteiger partial charge in [-0.1, -0.05) is 46.0 Å². The average molecular weight is 271 g/mol. The van der Waals surface area contributed by atoms with Crippen LogP contribution in [0, 0.1) is 5.92 Å². The molecule has 0 unspecified atom stereocenters. The summed E-state index contributed by atoms with van der Waals surface area (Å²) in [4.78, 5) is 0. The maximum Gasteiger partial charge on any atom is 0.0897 e. The molecule has 1 fully saturated rings. The van der Waals surface area contributed by atoms with Gasteiger partial charge in [0.1, 0.15) is 0 Å². The fourth-order valence-electron chi connectivity index (χ4n) is 2.77. The monoisotopic (exact) mass is 271 g/mol. The maximum absolute atomic E-state index is 9.88. The van der Waals surface area contributed by atoms with Crippen molar-refractivity contribution in [2.75, 3.05) is 19.7 Å². The highest BCUT2D eigenvalue weighted by atomic mass is 16.5. The number of unbranched alkanes of at least 4 members (excludes halogenated alkanes) is 3. The normalized spacial score (nSPS) is 25.4. The van der Waals surface area contributed by atoms with Crippen LogP contribution >= 0.6 is 0 Å². The van der Waals surface area contributed by atoms with Gasteiger partial charge in [-0.15, -0.1) is 0 Å². The summed E-state index contributed by atoms with van der Waals surface area (Å²) in [6, 6.07) is 0. The Hall–Kier alpha value is -0.120. The summed E-state index contributed by atoms with van der Waals surface area (Å²) in [5.41, 5.74) is 0. The number of rotatable bonds is 10. The Morgan fingerprint density at radius 2 is 2.00 bits per heavy atom. The second kappa shape index (κ2) is 10.6. The van der Waals surface area contributed by atoms with Crippen LogP contribution in [0.5, 0.6) is 0 Å². The van der Waals surface area contributed by atoms with Crippen molar-refractivity contribution in [2.45, 2.75) is 77.4 Å². The van der Waals surface area contributed by atoms with Gasteiger partial charge in [0, 0.05) is 6.54 Å². The minimum atomic E-state index is -0.361. The molecule has 0 spiro atoms. The van der Waals surface area contributed by atoms with Crippen LogP contribution in [0.3, 0.4) is 0 Å². The largest absolute Gasteiger partial charge is 0.389 e. The van der Waals surface area contributed by atoms with Gasteiger partial charge in [0.15, 0.2) is 0 Å². The first-order chi connectivity index (χ1) is 9.24. The molecule has 0 aliphatic heterocycles. The molecule has 0 amide bonds. The van der Waals surface area contributed by atoms with Crippen LogP contribution in [-0.4, -0.2) is 37.0 Å². The van der Waals surface area contributed by atoms with Crippen LogP contribution in [0.1, 0.15) is 65.2 Å². The fourth-order valence-corrected chi connectivity index (χ4v) is 2.77. The molecule has 114 valence electrons. The summed E-state index contributed by atoms with van der Waals surface area (Å²) in [6.45, 7) is 6.64. The van der Waals surface area contributed by atoms with Gasteiger partial charge in [-0.25, -0.2) is 0 Å². The molecule has 2 N–H and O–H groups in total. The molecule has 1 aliphatic rings. The summed E-state index contributed by atoms with van der Waals surface area (Å²) in [5, 5.41) is 13.2. The number of aliphatic hydroxyl groups excluding tert-OH is 1. The quantitative estimate of drug-likeness (QED) is 0.600. The fraction of sp³-hybridized carbons (Fsp3) is 1.00. The molecule has 0 heterocycles. The van der Waals surface area contributed by atoms with Crippen LogP contribution in [0.15, 0.2) is 0 Å². The lowest BCUT2D eigenvalue weighted by molar-refractivity contribution is -0.0451. The molecule has 19 heavy (non-hydrogen) atoms. The van der Waals surface area contributed by atoms with Gasteiger partial charge >= 0.3 is 0 Å². The van der Waals surface area contributed by atoms with Crippen LogP contribution in [0.25, 0.3) is 0 Å². The molecule has 1 saturated carbocycles. The van der Waals surface area contributed by atoms with Gasteiger partial charge in [-0.3, -0.25) is 0 Å². The number of hydrogen-bond acceptors (Lipinski definition) is 3. The Morgan fingerprint density at radius 1 is 1.21 bits per heavy atom. The van der Waals surface area contributed by atoms with Crippen molar-refractivity contribution in [3.63, 3.8) is 0 Å². The smallest absolute Gasteiger partial charge is 0.0897 e. The lowest BCUT2D eigenvalue weighted by atomic mass is 9.88. The molecule has 0 radical (unpaired) electrons. The van der Waals surface area contributed by atoms with E-state index >= 15 is 0 Å². The number of aliphatic hydroxyl groups is 1. The zero-order valence-corrected chi connectivity index (χ0v) is 12.9. The Balaban J connectivity index is 1.96. The standard InChI is InChI=1S/C16H33NO2/c1-3-4-5-8-11-17-12-15(18)13-19-16-10-7-6-9-14(16)2/h14-18H,3-13H2,1-2H3/t14-,15+,16+/m0/s1. The van der Waals surface area contributed by atoms with Gasteiger partial charge < -0.3 is 15.2 Å². The molecule has 3 heteroatoms. The van der Waals surface area contributed by atoms with E-state index in [0.717, 1.165) is 6.54 Å². The molecule has 0 bridgehead atoms. The first kappa shape index (κ1) is 16.9. The number of hydrogen-bond donors (Lipinski definition) is 2. The van der Waals surface area contributed by atoms with Gasteiger partial charge in [0.05, 0.1) is 18.8 Å². The van der Waals surface area contributed by atoms with Crippen LogP contribution in [-0.2, 0) is 4.74 Å². The third-order valence-corrected chi connectivity index (χ3v) is 4.12. The summed E-state index contributed by atoms with van der Waals surface area (Å²) in [5.74, 6) is 0.656. The molecule has 3 nitrogen and oxygen atoms in total. The van der Waals surface area contributed by atoms with Crippen LogP contribution in [0.2, 0.25) is 0 Å². The van der Waals surface area contributed by atoms with Crippen molar-refractivity contribution in [3.8, 4) is 0 Å². The van der Waals surface area contributed by atoms with E-state index in [1.54, 1.807) is 0 Å². The number of ether oxygens (including phenoxy) is 1. The van der Waals surface area contributed by atoms with E-state index in [-0.39, 0.29) is 6.10 Å². The van der Waals surface area contributed by atoms with E-state index < -0.39 is 0 Å². The van der Waals surface area contributed by atoms with Crippen molar-refractivity contribution >= 4 is 0 Å². The topological polar surface area (TPSA) is 41.5 Å². The molecular weight excluding hydrogens is 238 g/mol. The zero-order valence-electron chi connectivity index (χ0n) is 12.9. The molecule has 0 aromatic heterocycles. The Labute approximate surface area is 119 Å². The first-order valence-corrected chi connectivity index (χ1v) is 8.24. The zero-order chi connectivity index (χ0) is 13.9. The minimum absolute atomic E-state index is 0.361. The van der Waals surface area contributed by atoms with Crippen molar-refractivity contribution < 1.29 is 9.84 Å². The molecule has 0 saturated heterocycles. The van der Waals surface area contributed by atoms with Gasteiger partial charge in [-0.05, 0) is 31.7 Å². The van der Waals surface area contributed by atoms with Crippen LogP contribution in [0.4, 0.5) is 0 Å². The van der Waals surface area contributed by atoms with Gasteiger partial charge in [-0.2, -0.15) is 0 Å². The summed E-state index contributed by atoms with van der Waals surface area (Å²) >= 11 is 0. The molecule has 1 aliphatic carbocycles. The summed E-state index contributed by atoms with van der Waals surface area (Å²) in [6.07, 6.45) is 10.1. The number of nitrogens with one attached hydrogen (secondary N) is 1. The highest BCUT2D eigenvalue weighted by Gasteiger charge is 2.22. The van der Waals surface area contributed by atoms with E-state index in [4.69, 9.17) is 4.74 Å². The van der Waals surface area contributed by atoms with Crippen molar-refractivity contribution in [1.82, 2.24) is 5.32 Å². The van der Waals surface area contributed by atoms with Crippen molar-refractivity contribution in [2.24, 2.45) is 5.92 Å².